The molecule has 0 unspecified atom stereocenters. The van der Waals surface area contributed by atoms with Gasteiger partial charge >= 0.3 is 0 Å². The van der Waals surface area contributed by atoms with Crippen LogP contribution in [-0.4, -0.2) is 32.8 Å². The Morgan fingerprint density at radius 1 is 1.40 bits per heavy atom. The van der Waals surface area contributed by atoms with Crippen molar-refractivity contribution in [2.24, 2.45) is 5.92 Å². The van der Waals surface area contributed by atoms with Crippen molar-refractivity contribution in [1.82, 2.24) is 19.7 Å². The lowest BCUT2D eigenvalue weighted by Crippen LogP contribution is -2.16. The van der Waals surface area contributed by atoms with E-state index in [1.54, 1.807) is 11.3 Å². The number of rotatable bonds is 4. The summed E-state index contributed by atoms with van der Waals surface area (Å²) in [5.74, 6) is 1.44. The minimum Gasteiger partial charge on any atom is -0.348 e. The average Bonchev–Trinajstić information content (AvgIpc) is 3.10. The van der Waals surface area contributed by atoms with Crippen molar-refractivity contribution in [3.8, 4) is 10.7 Å². The second-order valence-corrected chi connectivity index (χ2v) is 6.95. The molecule has 0 bridgehead atoms. The van der Waals surface area contributed by atoms with Crippen molar-refractivity contribution in [1.29, 1.82) is 0 Å². The zero-order valence-corrected chi connectivity index (χ0v) is 13.4. The van der Waals surface area contributed by atoms with Crippen LogP contribution in [0.5, 0.6) is 0 Å². The van der Waals surface area contributed by atoms with Crippen molar-refractivity contribution in [3.63, 3.8) is 0 Å². The molecular weight excluding hydrogens is 290 g/mol. The Balaban J connectivity index is 1.91. The van der Waals surface area contributed by atoms with Crippen LogP contribution in [0.25, 0.3) is 10.7 Å². The summed E-state index contributed by atoms with van der Waals surface area (Å²) >= 11 is 7.03. The van der Waals surface area contributed by atoms with Gasteiger partial charge in [-0.05, 0) is 31.0 Å². The first kappa shape index (κ1) is 13.8. The van der Waals surface area contributed by atoms with Gasteiger partial charge in [0, 0.05) is 19.6 Å². The first-order valence-corrected chi connectivity index (χ1v) is 8.24. The zero-order valence-electron chi connectivity index (χ0n) is 11.8. The third-order valence-corrected chi connectivity index (χ3v) is 4.76. The highest BCUT2D eigenvalue weighted by Gasteiger charge is 2.18. The molecule has 1 fully saturated rings. The van der Waals surface area contributed by atoms with Crippen LogP contribution in [0.2, 0.25) is 0 Å². The molecule has 1 N–H and O–H groups in total. The summed E-state index contributed by atoms with van der Waals surface area (Å²) in [6, 6.07) is 0. The standard InChI is InChI=1S/C13H19N5S2/c1-9(2)8-18-11(15-16-12(18)19)10-7-14-13(20-10)17-5-3-4-6-17/h7,9H,3-6,8H2,1-2H3,(H,16,19). The number of hydrogen-bond donors (Lipinski definition) is 1. The molecule has 1 saturated heterocycles. The number of aromatic amines is 1. The summed E-state index contributed by atoms with van der Waals surface area (Å²) in [5, 5.41) is 8.38. The monoisotopic (exact) mass is 309 g/mol. The van der Waals surface area contributed by atoms with Gasteiger partial charge in [-0.25, -0.2) is 4.98 Å². The maximum absolute atomic E-state index is 5.32. The molecule has 0 saturated carbocycles. The number of nitrogens with zero attached hydrogens (tertiary/aromatic N) is 4. The highest BCUT2D eigenvalue weighted by atomic mass is 32.1. The lowest BCUT2D eigenvalue weighted by Gasteiger charge is -2.12. The maximum Gasteiger partial charge on any atom is 0.195 e. The summed E-state index contributed by atoms with van der Waals surface area (Å²) in [4.78, 5) is 7.98. The Hall–Kier alpha value is -1.21. The van der Waals surface area contributed by atoms with Gasteiger partial charge in [-0.1, -0.05) is 25.2 Å². The van der Waals surface area contributed by atoms with E-state index in [1.165, 1.54) is 12.8 Å². The molecule has 0 aliphatic carbocycles. The van der Waals surface area contributed by atoms with Crippen molar-refractivity contribution >= 4 is 28.7 Å². The van der Waals surface area contributed by atoms with Gasteiger partial charge in [0.25, 0.3) is 0 Å². The van der Waals surface area contributed by atoms with E-state index in [0.717, 1.165) is 35.5 Å². The van der Waals surface area contributed by atoms with Crippen LogP contribution in [-0.2, 0) is 6.54 Å². The summed E-state index contributed by atoms with van der Waals surface area (Å²) in [7, 11) is 0. The Bertz CT molecular complexity index is 633. The van der Waals surface area contributed by atoms with E-state index in [9.17, 15) is 0 Å². The quantitative estimate of drug-likeness (QED) is 0.880. The Morgan fingerprint density at radius 3 is 2.85 bits per heavy atom. The first-order chi connectivity index (χ1) is 9.65. The van der Waals surface area contributed by atoms with Gasteiger partial charge in [-0.3, -0.25) is 9.67 Å². The lowest BCUT2D eigenvalue weighted by atomic mass is 10.2. The van der Waals surface area contributed by atoms with E-state index in [-0.39, 0.29) is 0 Å². The minimum absolute atomic E-state index is 0.532. The molecule has 0 aromatic carbocycles. The van der Waals surface area contributed by atoms with Gasteiger partial charge in [-0.2, -0.15) is 5.10 Å². The first-order valence-electron chi connectivity index (χ1n) is 7.01. The Morgan fingerprint density at radius 2 is 2.15 bits per heavy atom. The molecule has 1 aliphatic heterocycles. The highest BCUT2D eigenvalue weighted by molar-refractivity contribution is 7.71. The van der Waals surface area contributed by atoms with E-state index in [4.69, 9.17) is 12.2 Å². The summed E-state index contributed by atoms with van der Waals surface area (Å²) in [6.45, 7) is 7.47. The number of hydrogen-bond acceptors (Lipinski definition) is 5. The fourth-order valence-corrected chi connectivity index (χ4v) is 3.64. The van der Waals surface area contributed by atoms with Gasteiger partial charge in [0.1, 0.15) is 0 Å². The number of aromatic nitrogens is 4. The predicted octanol–water partition coefficient (Wildman–Crippen LogP) is 3.32. The molecular formula is C13H19N5S2. The molecule has 3 rings (SSSR count). The third-order valence-electron chi connectivity index (χ3n) is 3.40. The normalized spacial score (nSPS) is 15.4. The number of H-pyrrole nitrogens is 1. The highest BCUT2D eigenvalue weighted by Crippen LogP contribution is 2.31. The molecule has 0 radical (unpaired) electrons. The van der Waals surface area contributed by atoms with Gasteiger partial charge in [-0.15, -0.1) is 0 Å². The van der Waals surface area contributed by atoms with Gasteiger partial charge < -0.3 is 4.90 Å². The summed E-state index contributed by atoms with van der Waals surface area (Å²) < 4.78 is 2.76. The van der Waals surface area contributed by atoms with Crippen LogP contribution in [0.15, 0.2) is 6.20 Å². The maximum atomic E-state index is 5.32. The Labute approximate surface area is 127 Å². The molecule has 20 heavy (non-hydrogen) atoms. The molecule has 0 atom stereocenters. The van der Waals surface area contributed by atoms with Crippen molar-refractivity contribution in [2.75, 3.05) is 18.0 Å². The molecule has 0 spiro atoms. The third kappa shape index (κ3) is 2.64. The molecule has 1 aliphatic rings. The van der Waals surface area contributed by atoms with Gasteiger partial charge in [0.2, 0.25) is 0 Å². The van der Waals surface area contributed by atoms with Crippen molar-refractivity contribution < 1.29 is 0 Å². The van der Waals surface area contributed by atoms with Crippen LogP contribution < -0.4 is 4.90 Å². The molecule has 108 valence electrons. The van der Waals surface area contributed by atoms with E-state index < -0.39 is 0 Å². The zero-order chi connectivity index (χ0) is 14.1. The molecule has 0 amide bonds. The van der Waals surface area contributed by atoms with Crippen LogP contribution in [0, 0.1) is 10.7 Å². The van der Waals surface area contributed by atoms with Gasteiger partial charge in [0.05, 0.1) is 11.1 Å². The Kier molecular flexibility index (Phi) is 3.89. The molecule has 2 aromatic heterocycles. The van der Waals surface area contributed by atoms with E-state index in [2.05, 4.69) is 38.5 Å². The number of thiazole rings is 1. The average molecular weight is 309 g/mol. The fraction of sp³-hybridized carbons (Fsp3) is 0.615. The molecule has 5 nitrogen and oxygen atoms in total. The van der Waals surface area contributed by atoms with Crippen LogP contribution in [0.4, 0.5) is 5.13 Å². The second-order valence-electron chi connectivity index (χ2n) is 5.56. The van der Waals surface area contributed by atoms with Crippen LogP contribution >= 0.6 is 23.6 Å². The van der Waals surface area contributed by atoms with Crippen molar-refractivity contribution in [3.05, 3.63) is 11.0 Å². The number of anilines is 1. The van der Waals surface area contributed by atoms with E-state index in [1.807, 2.05) is 6.20 Å². The molecule has 2 aromatic rings. The smallest absolute Gasteiger partial charge is 0.195 e. The van der Waals surface area contributed by atoms with Crippen molar-refractivity contribution in [2.45, 2.75) is 33.2 Å². The fourth-order valence-electron chi connectivity index (χ4n) is 2.46. The van der Waals surface area contributed by atoms with E-state index >= 15 is 0 Å². The molecule has 3 heterocycles. The lowest BCUT2D eigenvalue weighted by molar-refractivity contribution is 0.522. The topological polar surface area (TPSA) is 49.7 Å². The molecule has 7 heteroatoms. The largest absolute Gasteiger partial charge is 0.348 e. The van der Waals surface area contributed by atoms with Crippen LogP contribution in [0.3, 0.4) is 0 Å². The number of nitrogens with one attached hydrogen (secondary N) is 1. The summed E-state index contributed by atoms with van der Waals surface area (Å²) in [5.41, 5.74) is 0. The summed E-state index contributed by atoms with van der Waals surface area (Å²) in [6.07, 6.45) is 4.45. The second kappa shape index (κ2) is 5.65. The van der Waals surface area contributed by atoms with Gasteiger partial charge in [0.15, 0.2) is 15.7 Å². The van der Waals surface area contributed by atoms with Crippen LogP contribution in [0.1, 0.15) is 26.7 Å². The minimum atomic E-state index is 0.532. The SMILES string of the molecule is CC(C)Cn1c(-c2cnc(N3CCCC3)s2)n[nH]c1=S. The predicted molar refractivity (Wildman–Crippen MR) is 84.8 cm³/mol. The van der Waals surface area contributed by atoms with E-state index in [0.29, 0.717) is 10.7 Å².